The molecule has 0 spiro atoms. The number of hydrogen-bond donors (Lipinski definition) is 1. The highest BCUT2D eigenvalue weighted by Crippen LogP contribution is 2.41. The van der Waals surface area contributed by atoms with Gasteiger partial charge >= 0.3 is 0 Å². The van der Waals surface area contributed by atoms with Gasteiger partial charge in [-0.15, -0.1) is 0 Å². The van der Waals surface area contributed by atoms with Gasteiger partial charge in [-0.3, -0.25) is 9.59 Å². The summed E-state index contributed by atoms with van der Waals surface area (Å²) in [5.74, 6) is -2.45. The van der Waals surface area contributed by atoms with Crippen molar-refractivity contribution in [3.8, 4) is 0 Å². The van der Waals surface area contributed by atoms with Crippen molar-refractivity contribution in [2.24, 2.45) is 0 Å². The fraction of sp³-hybridized carbons (Fsp3) is 0.0833. The van der Waals surface area contributed by atoms with Gasteiger partial charge in [0.1, 0.15) is 11.6 Å². The van der Waals surface area contributed by atoms with E-state index in [9.17, 15) is 19.1 Å². The Bertz CT molecular complexity index is 1090. The van der Waals surface area contributed by atoms with Crippen LogP contribution in [-0.4, -0.2) is 21.7 Å². The van der Waals surface area contributed by atoms with E-state index in [-0.39, 0.29) is 23.4 Å². The Kier molecular flexibility index (Phi) is 4.96. The molecule has 1 aliphatic rings. The minimum Gasteiger partial charge on any atom is -0.507 e. The Morgan fingerprint density at radius 1 is 0.862 bits per heavy atom. The average molecular weight is 387 g/mol. The van der Waals surface area contributed by atoms with Gasteiger partial charge in [-0.2, -0.15) is 0 Å². The molecule has 144 valence electrons. The van der Waals surface area contributed by atoms with Gasteiger partial charge in [0.15, 0.2) is 0 Å². The molecule has 1 N–H and O–H groups in total. The third kappa shape index (κ3) is 3.43. The molecule has 3 aromatic carbocycles. The number of halogens is 1. The zero-order valence-corrected chi connectivity index (χ0v) is 15.5. The minimum absolute atomic E-state index is 0.109. The van der Waals surface area contributed by atoms with Crippen LogP contribution in [0, 0.1) is 5.82 Å². The summed E-state index contributed by atoms with van der Waals surface area (Å²) in [6, 6.07) is 22.6. The van der Waals surface area contributed by atoms with E-state index in [0.717, 1.165) is 5.56 Å². The maximum absolute atomic E-state index is 14.7. The summed E-state index contributed by atoms with van der Waals surface area (Å²) in [6.45, 7) is 0.121. The zero-order chi connectivity index (χ0) is 20.4. The topological polar surface area (TPSA) is 57.6 Å². The smallest absolute Gasteiger partial charge is 0.295 e. The molecule has 0 unspecified atom stereocenters. The molecule has 0 aliphatic carbocycles. The van der Waals surface area contributed by atoms with Gasteiger partial charge < -0.3 is 10.0 Å². The number of rotatable bonds is 4. The van der Waals surface area contributed by atoms with Crippen molar-refractivity contribution in [3.05, 3.63) is 113 Å². The van der Waals surface area contributed by atoms with Gasteiger partial charge in [0, 0.05) is 17.7 Å². The molecular formula is C24H18FNO3. The summed E-state index contributed by atoms with van der Waals surface area (Å²) in [5, 5.41) is 10.9. The van der Waals surface area contributed by atoms with Crippen LogP contribution in [0.1, 0.15) is 22.7 Å². The standard InChI is InChI=1S/C24H18FNO3/c25-19-14-8-7-13-18(19)21-20(22(27)17-11-5-2-6-12-17)23(28)24(29)26(21)15-16-9-3-1-4-10-16/h1-14,21,27H,15H2/t21-/m0/s1. The molecule has 29 heavy (non-hydrogen) atoms. The lowest BCUT2D eigenvalue weighted by molar-refractivity contribution is -0.140. The number of carbonyl (C=O) groups is 2. The Morgan fingerprint density at radius 3 is 2.10 bits per heavy atom. The molecule has 3 aromatic rings. The molecular weight excluding hydrogens is 369 g/mol. The molecule has 0 bridgehead atoms. The molecule has 1 atom stereocenters. The second-order valence-corrected chi connectivity index (χ2v) is 6.80. The number of benzene rings is 3. The van der Waals surface area contributed by atoms with Crippen LogP contribution < -0.4 is 0 Å². The Balaban J connectivity index is 1.89. The normalized spacial score (nSPS) is 18.2. The van der Waals surface area contributed by atoms with Gasteiger partial charge in [-0.25, -0.2) is 4.39 Å². The van der Waals surface area contributed by atoms with Crippen molar-refractivity contribution in [2.45, 2.75) is 12.6 Å². The molecule has 4 nitrogen and oxygen atoms in total. The van der Waals surface area contributed by atoms with Gasteiger partial charge in [0.05, 0.1) is 11.6 Å². The van der Waals surface area contributed by atoms with Gasteiger partial charge in [0.2, 0.25) is 0 Å². The summed E-state index contributed by atoms with van der Waals surface area (Å²) in [4.78, 5) is 27.1. The van der Waals surface area contributed by atoms with E-state index in [4.69, 9.17) is 0 Å². The van der Waals surface area contributed by atoms with E-state index in [1.165, 1.54) is 17.0 Å². The number of amides is 1. The SMILES string of the molecule is O=C1C(=O)N(Cc2ccccc2)[C@@H](c2ccccc2F)C1=C(O)c1ccccc1. The van der Waals surface area contributed by atoms with Crippen LogP contribution in [-0.2, 0) is 16.1 Å². The van der Waals surface area contributed by atoms with Crippen molar-refractivity contribution in [1.82, 2.24) is 4.90 Å². The second kappa shape index (κ2) is 7.72. The van der Waals surface area contributed by atoms with Crippen molar-refractivity contribution in [1.29, 1.82) is 0 Å². The first-order valence-electron chi connectivity index (χ1n) is 9.20. The van der Waals surface area contributed by atoms with E-state index in [1.54, 1.807) is 42.5 Å². The fourth-order valence-corrected chi connectivity index (χ4v) is 3.59. The quantitative estimate of drug-likeness (QED) is 0.409. The highest BCUT2D eigenvalue weighted by Gasteiger charge is 2.46. The fourth-order valence-electron chi connectivity index (χ4n) is 3.59. The van der Waals surface area contributed by atoms with Crippen LogP contribution >= 0.6 is 0 Å². The number of aliphatic hydroxyl groups is 1. The molecule has 1 saturated heterocycles. The molecule has 1 amide bonds. The van der Waals surface area contributed by atoms with Crippen molar-refractivity contribution < 1.29 is 19.1 Å². The Hall–Kier alpha value is -3.73. The first-order valence-corrected chi connectivity index (χ1v) is 9.20. The molecule has 0 radical (unpaired) electrons. The Morgan fingerprint density at radius 2 is 1.45 bits per heavy atom. The second-order valence-electron chi connectivity index (χ2n) is 6.80. The van der Waals surface area contributed by atoms with Crippen LogP contribution in [0.4, 0.5) is 4.39 Å². The summed E-state index contributed by atoms with van der Waals surface area (Å²) in [6.07, 6.45) is 0. The number of nitrogens with zero attached hydrogens (tertiary/aromatic N) is 1. The lowest BCUT2D eigenvalue weighted by Gasteiger charge is -2.25. The summed E-state index contributed by atoms with van der Waals surface area (Å²) < 4.78 is 14.7. The van der Waals surface area contributed by atoms with E-state index >= 15 is 0 Å². The Labute approximate surface area is 167 Å². The van der Waals surface area contributed by atoms with Gasteiger partial charge in [-0.1, -0.05) is 78.9 Å². The van der Waals surface area contributed by atoms with Crippen molar-refractivity contribution in [3.63, 3.8) is 0 Å². The number of likely N-dealkylation sites (tertiary alicyclic amines) is 1. The minimum atomic E-state index is -1.02. The molecule has 4 rings (SSSR count). The first kappa shape index (κ1) is 18.6. The van der Waals surface area contributed by atoms with Crippen LogP contribution in [0.3, 0.4) is 0 Å². The molecule has 1 aliphatic heterocycles. The molecule has 0 aromatic heterocycles. The number of hydrogen-bond acceptors (Lipinski definition) is 3. The summed E-state index contributed by atoms with van der Waals surface area (Å²) >= 11 is 0. The predicted octanol–water partition coefficient (Wildman–Crippen LogP) is 4.45. The lowest BCUT2D eigenvalue weighted by atomic mass is 9.95. The van der Waals surface area contributed by atoms with E-state index < -0.39 is 23.5 Å². The third-order valence-electron chi connectivity index (χ3n) is 4.98. The van der Waals surface area contributed by atoms with Crippen LogP contribution in [0.25, 0.3) is 5.76 Å². The summed E-state index contributed by atoms with van der Waals surface area (Å²) in [5.41, 5.74) is 1.25. The third-order valence-corrected chi connectivity index (χ3v) is 4.98. The van der Waals surface area contributed by atoms with E-state index in [0.29, 0.717) is 5.56 Å². The zero-order valence-electron chi connectivity index (χ0n) is 15.5. The average Bonchev–Trinajstić information content (AvgIpc) is 3.00. The lowest BCUT2D eigenvalue weighted by Crippen LogP contribution is -2.29. The van der Waals surface area contributed by atoms with Crippen LogP contribution in [0.5, 0.6) is 0 Å². The van der Waals surface area contributed by atoms with Gasteiger partial charge in [-0.05, 0) is 11.6 Å². The molecule has 1 heterocycles. The predicted molar refractivity (Wildman–Crippen MR) is 107 cm³/mol. The number of Topliss-reactive ketones (excluding diaryl/α,β-unsaturated/α-hetero) is 1. The van der Waals surface area contributed by atoms with Crippen LogP contribution in [0.15, 0.2) is 90.5 Å². The van der Waals surface area contributed by atoms with Crippen molar-refractivity contribution >= 4 is 17.4 Å². The van der Waals surface area contributed by atoms with Gasteiger partial charge in [0.25, 0.3) is 11.7 Å². The maximum atomic E-state index is 14.7. The number of aliphatic hydroxyl groups excluding tert-OH is 1. The largest absolute Gasteiger partial charge is 0.507 e. The highest BCUT2D eigenvalue weighted by molar-refractivity contribution is 6.46. The monoisotopic (exact) mass is 387 g/mol. The van der Waals surface area contributed by atoms with Crippen LogP contribution in [0.2, 0.25) is 0 Å². The molecule has 1 fully saturated rings. The maximum Gasteiger partial charge on any atom is 0.295 e. The number of ketones is 1. The summed E-state index contributed by atoms with van der Waals surface area (Å²) in [7, 11) is 0. The van der Waals surface area contributed by atoms with Crippen molar-refractivity contribution in [2.75, 3.05) is 0 Å². The molecule has 5 heteroatoms. The molecule has 0 saturated carbocycles. The van der Waals surface area contributed by atoms with E-state index in [1.807, 2.05) is 30.3 Å². The highest BCUT2D eigenvalue weighted by atomic mass is 19.1. The number of carbonyl (C=O) groups excluding carboxylic acids is 2. The van der Waals surface area contributed by atoms with E-state index in [2.05, 4.69) is 0 Å². The first-order chi connectivity index (χ1) is 14.1.